The first-order valence-corrected chi connectivity index (χ1v) is 11.2. The van der Waals surface area contributed by atoms with Gasteiger partial charge in [0.25, 0.3) is 5.56 Å². The molecule has 1 saturated heterocycles. The maximum Gasteiger partial charge on any atom is 0.262 e. The number of H-pyrrole nitrogens is 1. The first kappa shape index (κ1) is 22.4. The number of benzene rings is 2. The maximum absolute atomic E-state index is 13.0. The van der Waals surface area contributed by atoms with E-state index in [1.54, 1.807) is 25.3 Å². The maximum atomic E-state index is 13.0. The average molecular weight is 457 g/mol. The van der Waals surface area contributed by atoms with Crippen LogP contribution in [0.25, 0.3) is 22.3 Å². The molecule has 3 aromatic rings. The van der Waals surface area contributed by atoms with E-state index in [1.165, 1.54) is 7.11 Å². The Hall–Kier alpha value is -2.77. The molecule has 2 heterocycles. The van der Waals surface area contributed by atoms with Gasteiger partial charge in [-0.2, -0.15) is 0 Å². The largest absolute Gasteiger partial charge is 0.497 e. The molecule has 1 aliphatic rings. The summed E-state index contributed by atoms with van der Waals surface area (Å²) < 4.78 is 10.7. The number of aromatic nitrogens is 2. The number of nitrogens with one attached hydrogen (secondary N) is 2. The summed E-state index contributed by atoms with van der Waals surface area (Å²) in [6.45, 7) is 6.56. The van der Waals surface area contributed by atoms with Gasteiger partial charge >= 0.3 is 0 Å². The molecule has 4 rings (SSSR count). The zero-order valence-corrected chi connectivity index (χ0v) is 19.6. The summed E-state index contributed by atoms with van der Waals surface area (Å²) in [6, 6.07) is 9.88. The predicted octanol–water partition coefficient (Wildman–Crippen LogP) is 4.55. The second kappa shape index (κ2) is 9.38. The van der Waals surface area contributed by atoms with Crippen molar-refractivity contribution in [2.75, 3.05) is 32.6 Å². The van der Waals surface area contributed by atoms with Crippen LogP contribution in [0.5, 0.6) is 11.5 Å². The zero-order chi connectivity index (χ0) is 22.8. The van der Waals surface area contributed by atoms with Crippen molar-refractivity contribution in [2.24, 2.45) is 0 Å². The van der Waals surface area contributed by atoms with Crippen molar-refractivity contribution in [1.29, 1.82) is 0 Å². The van der Waals surface area contributed by atoms with Gasteiger partial charge in [-0.3, -0.25) is 4.79 Å². The standard InChI is InChI=1S/C24H29ClN4O3/c1-14(2)29-9-7-16(8-10-29)26-19-11-15(25)5-6-18(19)23-27-20-12-17(31-3)13-21(32-4)22(20)24(30)28-23/h5-6,11-14,16,26H,7-10H2,1-4H3,(H,27,28,30). The van der Waals surface area contributed by atoms with E-state index in [9.17, 15) is 4.79 Å². The number of rotatable bonds is 6. The number of halogens is 1. The normalized spacial score (nSPS) is 15.3. The van der Waals surface area contributed by atoms with Gasteiger partial charge < -0.3 is 24.7 Å². The summed E-state index contributed by atoms with van der Waals surface area (Å²) in [6.07, 6.45) is 2.08. The molecule has 0 aliphatic carbocycles. The number of ether oxygens (including phenoxy) is 2. The van der Waals surface area contributed by atoms with Crippen molar-refractivity contribution in [1.82, 2.24) is 14.9 Å². The summed E-state index contributed by atoms with van der Waals surface area (Å²) in [5.41, 5.74) is 1.89. The van der Waals surface area contributed by atoms with Gasteiger partial charge in [0.05, 0.1) is 19.7 Å². The van der Waals surface area contributed by atoms with Gasteiger partial charge in [0.15, 0.2) is 0 Å². The number of nitrogens with zero attached hydrogens (tertiary/aromatic N) is 2. The first-order chi connectivity index (χ1) is 15.4. The van der Waals surface area contributed by atoms with Gasteiger partial charge in [0.2, 0.25) is 0 Å². The lowest BCUT2D eigenvalue weighted by atomic mass is 10.0. The SMILES string of the molecule is COc1cc(OC)c2c(=O)[nH]c(-c3ccc(Cl)cc3NC3CCN(C(C)C)CC3)nc2c1. The van der Waals surface area contributed by atoms with Crippen LogP contribution < -0.4 is 20.3 Å². The van der Waals surface area contributed by atoms with Crippen LogP contribution in [0.1, 0.15) is 26.7 Å². The molecule has 1 fully saturated rings. The number of hydrogen-bond acceptors (Lipinski definition) is 6. The number of anilines is 1. The Morgan fingerprint density at radius 2 is 1.91 bits per heavy atom. The van der Waals surface area contributed by atoms with Crippen LogP contribution in [0, 0.1) is 0 Å². The minimum absolute atomic E-state index is 0.268. The van der Waals surface area contributed by atoms with Gasteiger partial charge in [-0.15, -0.1) is 0 Å². The van der Waals surface area contributed by atoms with Gasteiger partial charge in [-0.25, -0.2) is 4.98 Å². The average Bonchev–Trinajstić information content (AvgIpc) is 2.78. The quantitative estimate of drug-likeness (QED) is 0.566. The topological polar surface area (TPSA) is 79.5 Å². The molecule has 7 nitrogen and oxygen atoms in total. The van der Waals surface area contributed by atoms with Crippen LogP contribution in [-0.2, 0) is 0 Å². The van der Waals surface area contributed by atoms with Crippen LogP contribution in [-0.4, -0.2) is 54.3 Å². The Balaban J connectivity index is 1.72. The summed E-state index contributed by atoms with van der Waals surface area (Å²) in [5, 5.41) is 4.66. The van der Waals surface area contributed by atoms with Crippen molar-refractivity contribution >= 4 is 28.2 Å². The molecule has 0 atom stereocenters. The van der Waals surface area contributed by atoms with Gasteiger partial charge in [-0.05, 0) is 44.9 Å². The van der Waals surface area contributed by atoms with Gasteiger partial charge in [0.1, 0.15) is 22.7 Å². The summed E-state index contributed by atoms with van der Waals surface area (Å²) in [7, 11) is 3.09. The van der Waals surface area contributed by atoms with Crippen molar-refractivity contribution in [3.8, 4) is 22.9 Å². The number of hydrogen-bond donors (Lipinski definition) is 2. The molecule has 0 unspecified atom stereocenters. The van der Waals surface area contributed by atoms with E-state index in [0.29, 0.717) is 45.3 Å². The summed E-state index contributed by atoms with van der Waals surface area (Å²) in [5.74, 6) is 1.47. The smallest absolute Gasteiger partial charge is 0.262 e. The number of aromatic amines is 1. The van der Waals surface area contributed by atoms with E-state index in [1.807, 2.05) is 12.1 Å². The fraction of sp³-hybridized carbons (Fsp3) is 0.417. The van der Waals surface area contributed by atoms with Crippen LogP contribution in [0.3, 0.4) is 0 Å². The molecular weight excluding hydrogens is 428 g/mol. The van der Waals surface area contributed by atoms with Crippen molar-refractivity contribution in [2.45, 2.75) is 38.8 Å². The third kappa shape index (κ3) is 4.54. The summed E-state index contributed by atoms with van der Waals surface area (Å²) >= 11 is 6.32. The second-order valence-electron chi connectivity index (χ2n) is 8.38. The Labute approximate surface area is 192 Å². The molecule has 8 heteroatoms. The van der Waals surface area contributed by atoms with Crippen LogP contribution in [0.4, 0.5) is 5.69 Å². The van der Waals surface area contributed by atoms with E-state index in [4.69, 9.17) is 26.1 Å². The molecule has 0 bridgehead atoms. The lowest BCUT2D eigenvalue weighted by Crippen LogP contribution is -2.42. The Kier molecular flexibility index (Phi) is 6.58. The van der Waals surface area contributed by atoms with E-state index in [0.717, 1.165) is 37.2 Å². The number of fused-ring (bicyclic) bond motifs is 1. The van der Waals surface area contributed by atoms with Crippen LogP contribution in [0.15, 0.2) is 35.1 Å². The van der Waals surface area contributed by atoms with Gasteiger partial charge in [-0.1, -0.05) is 11.6 Å². The van der Waals surface area contributed by atoms with Crippen LogP contribution in [0.2, 0.25) is 5.02 Å². The second-order valence-corrected chi connectivity index (χ2v) is 8.81. The van der Waals surface area contributed by atoms with E-state index < -0.39 is 0 Å². The number of piperidine rings is 1. The molecule has 0 amide bonds. The molecule has 32 heavy (non-hydrogen) atoms. The first-order valence-electron chi connectivity index (χ1n) is 10.9. The third-order valence-corrected chi connectivity index (χ3v) is 6.29. The highest BCUT2D eigenvalue weighted by Crippen LogP contribution is 2.33. The van der Waals surface area contributed by atoms with Gasteiger partial charge in [0, 0.05) is 53.6 Å². The third-order valence-electron chi connectivity index (χ3n) is 6.06. The number of likely N-dealkylation sites (tertiary alicyclic amines) is 1. The van der Waals surface area contributed by atoms with Crippen molar-refractivity contribution < 1.29 is 9.47 Å². The summed E-state index contributed by atoms with van der Waals surface area (Å²) in [4.78, 5) is 23.1. The zero-order valence-electron chi connectivity index (χ0n) is 18.9. The molecule has 2 aromatic carbocycles. The highest BCUT2D eigenvalue weighted by Gasteiger charge is 2.22. The van der Waals surface area contributed by atoms with E-state index in [-0.39, 0.29) is 5.56 Å². The molecule has 0 spiro atoms. The molecule has 2 N–H and O–H groups in total. The Morgan fingerprint density at radius 1 is 1.16 bits per heavy atom. The minimum atomic E-state index is -0.268. The predicted molar refractivity (Wildman–Crippen MR) is 129 cm³/mol. The lowest BCUT2D eigenvalue weighted by Gasteiger charge is -2.35. The molecule has 0 saturated carbocycles. The van der Waals surface area contributed by atoms with E-state index >= 15 is 0 Å². The Bertz CT molecular complexity index is 1170. The minimum Gasteiger partial charge on any atom is -0.497 e. The lowest BCUT2D eigenvalue weighted by molar-refractivity contribution is 0.177. The van der Waals surface area contributed by atoms with Crippen LogP contribution >= 0.6 is 11.6 Å². The van der Waals surface area contributed by atoms with E-state index in [2.05, 4.69) is 29.0 Å². The number of methoxy groups -OCH3 is 2. The molecule has 170 valence electrons. The monoisotopic (exact) mass is 456 g/mol. The highest BCUT2D eigenvalue weighted by molar-refractivity contribution is 6.31. The molecule has 0 radical (unpaired) electrons. The molecule has 1 aliphatic heterocycles. The highest BCUT2D eigenvalue weighted by atomic mass is 35.5. The molecule has 1 aromatic heterocycles. The fourth-order valence-corrected chi connectivity index (χ4v) is 4.41. The fourth-order valence-electron chi connectivity index (χ4n) is 4.24. The Morgan fingerprint density at radius 3 is 2.56 bits per heavy atom. The molecular formula is C24H29ClN4O3. The van der Waals surface area contributed by atoms with Crippen molar-refractivity contribution in [3.63, 3.8) is 0 Å². The van der Waals surface area contributed by atoms with Crippen molar-refractivity contribution in [3.05, 3.63) is 45.7 Å².